The standard InChI is InChI=1S/C22H15BrFN3S2/c23-16-7-3-14(4-8-16)19-13-29-22(25-19)27-20(15-5-9-17(24)10-6-15)12-18(26-27)21-2-1-11-28-21/h1-11,13,20H,12H2/t20-/m0/s1. The van der Waals surface area contributed by atoms with Crippen LogP contribution < -0.4 is 5.01 Å². The number of halogens is 2. The smallest absolute Gasteiger partial charge is 0.207 e. The van der Waals surface area contributed by atoms with Crippen molar-refractivity contribution in [2.45, 2.75) is 12.5 Å². The van der Waals surface area contributed by atoms with Crippen molar-refractivity contribution in [2.24, 2.45) is 5.10 Å². The number of nitrogens with zero attached hydrogens (tertiary/aromatic N) is 3. The first-order valence-corrected chi connectivity index (χ1v) is 11.6. The Morgan fingerprint density at radius 1 is 1.00 bits per heavy atom. The van der Waals surface area contributed by atoms with E-state index in [9.17, 15) is 4.39 Å². The number of rotatable bonds is 4. The van der Waals surface area contributed by atoms with Crippen molar-refractivity contribution in [3.63, 3.8) is 0 Å². The van der Waals surface area contributed by atoms with Crippen molar-refractivity contribution in [3.8, 4) is 11.3 Å². The Morgan fingerprint density at radius 3 is 2.52 bits per heavy atom. The molecule has 144 valence electrons. The van der Waals surface area contributed by atoms with Crippen molar-refractivity contribution in [2.75, 3.05) is 5.01 Å². The fourth-order valence-electron chi connectivity index (χ4n) is 3.35. The maximum Gasteiger partial charge on any atom is 0.207 e. The average molecular weight is 484 g/mol. The Labute approximate surface area is 184 Å². The van der Waals surface area contributed by atoms with Crippen LogP contribution in [0.2, 0.25) is 0 Å². The van der Waals surface area contributed by atoms with Gasteiger partial charge in [0.2, 0.25) is 5.13 Å². The highest BCUT2D eigenvalue weighted by Crippen LogP contribution is 2.40. The Bertz CT molecular complexity index is 1150. The van der Waals surface area contributed by atoms with E-state index in [1.165, 1.54) is 12.1 Å². The molecule has 0 fully saturated rings. The first-order chi connectivity index (χ1) is 14.2. The molecule has 1 atom stereocenters. The molecule has 0 amide bonds. The van der Waals surface area contributed by atoms with Crippen LogP contribution in [0.15, 0.2) is 81.0 Å². The molecule has 0 saturated carbocycles. The summed E-state index contributed by atoms with van der Waals surface area (Å²) < 4.78 is 14.5. The summed E-state index contributed by atoms with van der Waals surface area (Å²) in [6, 6.07) is 18.9. The van der Waals surface area contributed by atoms with Gasteiger partial charge in [-0.2, -0.15) is 5.10 Å². The molecule has 0 bridgehead atoms. The zero-order valence-corrected chi connectivity index (χ0v) is 18.3. The van der Waals surface area contributed by atoms with Crippen molar-refractivity contribution in [1.29, 1.82) is 0 Å². The molecule has 7 heteroatoms. The highest BCUT2D eigenvalue weighted by molar-refractivity contribution is 9.10. The highest BCUT2D eigenvalue weighted by Gasteiger charge is 2.32. The lowest BCUT2D eigenvalue weighted by Gasteiger charge is -2.21. The molecule has 0 spiro atoms. The predicted molar refractivity (Wildman–Crippen MR) is 122 cm³/mol. The van der Waals surface area contributed by atoms with Gasteiger partial charge < -0.3 is 0 Å². The lowest BCUT2D eigenvalue weighted by Crippen LogP contribution is -2.18. The molecule has 3 nitrogen and oxygen atoms in total. The molecule has 4 aromatic rings. The van der Waals surface area contributed by atoms with Gasteiger partial charge in [-0.25, -0.2) is 14.4 Å². The Balaban J connectivity index is 1.52. The quantitative estimate of drug-likeness (QED) is 0.308. The minimum atomic E-state index is -0.232. The maximum absolute atomic E-state index is 13.5. The lowest BCUT2D eigenvalue weighted by atomic mass is 10.0. The van der Waals surface area contributed by atoms with Crippen LogP contribution in [0.25, 0.3) is 11.3 Å². The summed E-state index contributed by atoms with van der Waals surface area (Å²) >= 11 is 6.73. The molecular weight excluding hydrogens is 469 g/mol. The van der Waals surface area contributed by atoms with Gasteiger partial charge in [-0.1, -0.05) is 46.3 Å². The average Bonchev–Trinajstić information content (AvgIpc) is 3.48. The van der Waals surface area contributed by atoms with Crippen molar-refractivity contribution in [3.05, 3.63) is 92.2 Å². The number of benzene rings is 2. The summed E-state index contributed by atoms with van der Waals surface area (Å²) in [6.45, 7) is 0. The van der Waals surface area contributed by atoms with Gasteiger partial charge in [0.05, 0.1) is 22.3 Å². The zero-order chi connectivity index (χ0) is 19.8. The molecule has 0 radical (unpaired) electrons. The Morgan fingerprint density at radius 2 is 1.79 bits per heavy atom. The highest BCUT2D eigenvalue weighted by atomic mass is 79.9. The SMILES string of the molecule is Fc1ccc([C@@H]2CC(c3cccs3)=NN2c2nc(-c3ccc(Br)cc3)cs2)cc1. The largest absolute Gasteiger partial charge is 0.231 e. The summed E-state index contributed by atoms with van der Waals surface area (Å²) in [7, 11) is 0. The van der Waals surface area contributed by atoms with Crippen LogP contribution in [-0.2, 0) is 0 Å². The second kappa shape index (κ2) is 7.82. The molecule has 1 aliphatic rings. The molecule has 0 N–H and O–H groups in total. The van der Waals surface area contributed by atoms with E-state index >= 15 is 0 Å². The number of hydrazone groups is 1. The van der Waals surface area contributed by atoms with E-state index in [1.54, 1.807) is 22.7 Å². The predicted octanol–water partition coefficient (Wildman–Crippen LogP) is 7.13. The fraction of sp³-hybridized carbons (Fsp3) is 0.0909. The van der Waals surface area contributed by atoms with Crippen LogP contribution in [0, 0.1) is 5.82 Å². The summed E-state index contributed by atoms with van der Waals surface area (Å²) in [5.41, 5.74) is 4.06. The van der Waals surface area contributed by atoms with Gasteiger partial charge in [-0.15, -0.1) is 22.7 Å². The third-order valence-electron chi connectivity index (χ3n) is 4.80. The fourth-order valence-corrected chi connectivity index (χ4v) is 5.16. The zero-order valence-electron chi connectivity index (χ0n) is 15.1. The Kier molecular flexibility index (Phi) is 5.03. The van der Waals surface area contributed by atoms with Gasteiger partial charge in [0, 0.05) is 21.8 Å². The van der Waals surface area contributed by atoms with Gasteiger partial charge in [0.15, 0.2) is 0 Å². The van der Waals surface area contributed by atoms with Gasteiger partial charge >= 0.3 is 0 Å². The van der Waals surface area contributed by atoms with Gasteiger partial charge in [-0.3, -0.25) is 0 Å². The minimum absolute atomic E-state index is 0.00313. The Hall–Kier alpha value is -2.35. The van der Waals surface area contributed by atoms with Crippen LogP contribution in [0.1, 0.15) is 22.9 Å². The first kappa shape index (κ1) is 18.7. The molecule has 29 heavy (non-hydrogen) atoms. The van der Waals surface area contributed by atoms with Crippen molar-refractivity contribution >= 4 is 49.4 Å². The molecule has 2 aromatic heterocycles. The third kappa shape index (κ3) is 3.77. The third-order valence-corrected chi connectivity index (χ3v) is 7.08. The van der Waals surface area contributed by atoms with Gasteiger partial charge in [-0.05, 0) is 41.3 Å². The summed E-state index contributed by atoms with van der Waals surface area (Å²) in [4.78, 5) is 6.01. The van der Waals surface area contributed by atoms with E-state index in [0.29, 0.717) is 0 Å². The number of aromatic nitrogens is 1. The molecule has 3 heterocycles. The minimum Gasteiger partial charge on any atom is -0.231 e. The number of hydrogen-bond acceptors (Lipinski definition) is 5. The van der Waals surface area contributed by atoms with Crippen LogP contribution in [0.5, 0.6) is 0 Å². The summed E-state index contributed by atoms with van der Waals surface area (Å²) in [5.74, 6) is -0.232. The molecule has 2 aromatic carbocycles. The molecule has 0 aliphatic carbocycles. The van der Waals surface area contributed by atoms with E-state index in [0.717, 1.165) is 43.4 Å². The summed E-state index contributed by atoms with van der Waals surface area (Å²) in [5, 5.41) is 11.8. The van der Waals surface area contributed by atoms with E-state index < -0.39 is 0 Å². The van der Waals surface area contributed by atoms with E-state index in [2.05, 4.69) is 32.8 Å². The van der Waals surface area contributed by atoms with Gasteiger partial charge in [0.25, 0.3) is 0 Å². The molecule has 0 unspecified atom stereocenters. The number of anilines is 1. The number of hydrogen-bond donors (Lipinski definition) is 0. The van der Waals surface area contributed by atoms with Gasteiger partial charge in [0.1, 0.15) is 5.82 Å². The molecule has 1 aliphatic heterocycles. The number of thiophene rings is 1. The lowest BCUT2D eigenvalue weighted by molar-refractivity contribution is 0.624. The van der Waals surface area contributed by atoms with Crippen LogP contribution >= 0.6 is 38.6 Å². The second-order valence-electron chi connectivity index (χ2n) is 6.66. The van der Waals surface area contributed by atoms with Crippen molar-refractivity contribution < 1.29 is 4.39 Å². The van der Waals surface area contributed by atoms with Crippen LogP contribution in [0.3, 0.4) is 0 Å². The normalized spacial score (nSPS) is 16.3. The maximum atomic E-state index is 13.5. The van der Waals surface area contributed by atoms with E-state index in [-0.39, 0.29) is 11.9 Å². The molecule has 0 saturated heterocycles. The van der Waals surface area contributed by atoms with E-state index in [1.807, 2.05) is 47.5 Å². The topological polar surface area (TPSA) is 28.5 Å². The second-order valence-corrected chi connectivity index (χ2v) is 9.36. The monoisotopic (exact) mass is 483 g/mol. The van der Waals surface area contributed by atoms with Crippen LogP contribution in [0.4, 0.5) is 9.52 Å². The van der Waals surface area contributed by atoms with Crippen molar-refractivity contribution in [1.82, 2.24) is 4.98 Å². The number of thiazole rings is 1. The molecule has 5 rings (SSSR count). The van der Waals surface area contributed by atoms with Crippen LogP contribution in [-0.4, -0.2) is 10.7 Å². The first-order valence-electron chi connectivity index (χ1n) is 9.05. The van der Waals surface area contributed by atoms with E-state index in [4.69, 9.17) is 10.1 Å². The summed E-state index contributed by atoms with van der Waals surface area (Å²) in [6.07, 6.45) is 0.763. The molecular formula is C22H15BrFN3S2.